The molecule has 0 bridgehead atoms. The van der Waals surface area contributed by atoms with E-state index in [9.17, 15) is 13.2 Å². The maximum atomic E-state index is 12.3. The third-order valence-electron chi connectivity index (χ3n) is 4.00. The van der Waals surface area contributed by atoms with E-state index in [2.05, 4.69) is 10.0 Å². The summed E-state index contributed by atoms with van der Waals surface area (Å²) in [6.45, 7) is 2.85. The van der Waals surface area contributed by atoms with E-state index >= 15 is 0 Å². The van der Waals surface area contributed by atoms with Crippen molar-refractivity contribution in [3.63, 3.8) is 0 Å². The first-order chi connectivity index (χ1) is 12.8. The Hall–Kier alpha value is -1.93. The van der Waals surface area contributed by atoms with Crippen LogP contribution in [0.15, 0.2) is 53.4 Å². The van der Waals surface area contributed by atoms with E-state index in [4.69, 9.17) is 16.3 Å². The third kappa shape index (κ3) is 6.04. The lowest BCUT2D eigenvalue weighted by Crippen LogP contribution is -2.26. The molecule has 0 radical (unpaired) electrons. The lowest BCUT2D eigenvalue weighted by Gasteiger charge is -2.13. The molecule has 146 valence electrons. The Morgan fingerprint density at radius 1 is 1.19 bits per heavy atom. The smallest absolute Gasteiger partial charge is 0.252 e. The monoisotopic (exact) mass is 410 g/mol. The zero-order valence-electron chi connectivity index (χ0n) is 15.2. The number of amides is 1. The van der Waals surface area contributed by atoms with E-state index in [1.807, 2.05) is 37.3 Å². The maximum Gasteiger partial charge on any atom is 0.252 e. The minimum atomic E-state index is -3.64. The molecule has 1 unspecified atom stereocenters. The average molecular weight is 411 g/mol. The van der Waals surface area contributed by atoms with Gasteiger partial charge in [0.25, 0.3) is 5.91 Å². The molecular formula is C19H23ClN2O4S. The van der Waals surface area contributed by atoms with Crippen LogP contribution in [0.5, 0.6) is 0 Å². The maximum absolute atomic E-state index is 12.3. The van der Waals surface area contributed by atoms with Crippen LogP contribution in [0.4, 0.5) is 0 Å². The summed E-state index contributed by atoms with van der Waals surface area (Å²) >= 11 is 6.03. The zero-order valence-corrected chi connectivity index (χ0v) is 16.8. The van der Waals surface area contributed by atoms with Crippen LogP contribution in [0, 0.1) is 0 Å². The Labute approximate surface area is 164 Å². The summed E-state index contributed by atoms with van der Waals surface area (Å²) in [5.74, 6) is -0.427. The van der Waals surface area contributed by atoms with Crippen molar-refractivity contribution in [2.24, 2.45) is 0 Å². The second-order valence-electron chi connectivity index (χ2n) is 5.88. The number of hydrogen-bond donors (Lipinski definition) is 2. The number of carbonyl (C=O) groups is 1. The largest absolute Gasteiger partial charge is 0.374 e. The number of benzene rings is 2. The van der Waals surface area contributed by atoms with Crippen LogP contribution in [-0.2, 0) is 14.8 Å². The van der Waals surface area contributed by atoms with Gasteiger partial charge in [-0.15, -0.1) is 0 Å². The van der Waals surface area contributed by atoms with Crippen molar-refractivity contribution in [1.82, 2.24) is 10.0 Å². The highest BCUT2D eigenvalue weighted by Gasteiger charge is 2.17. The highest BCUT2D eigenvalue weighted by Crippen LogP contribution is 2.20. The van der Waals surface area contributed by atoms with Crippen LogP contribution in [0.2, 0.25) is 5.02 Å². The molecule has 2 aromatic rings. The first kappa shape index (κ1) is 21.4. The van der Waals surface area contributed by atoms with Crippen molar-refractivity contribution < 1.29 is 17.9 Å². The number of sulfonamides is 1. The van der Waals surface area contributed by atoms with Crippen LogP contribution in [0.25, 0.3) is 0 Å². The van der Waals surface area contributed by atoms with Crippen LogP contribution in [0.3, 0.4) is 0 Å². The topological polar surface area (TPSA) is 84.5 Å². The highest BCUT2D eigenvalue weighted by molar-refractivity contribution is 7.89. The first-order valence-corrected chi connectivity index (χ1v) is 10.4. The average Bonchev–Trinajstić information content (AvgIpc) is 2.68. The number of carbonyl (C=O) groups excluding carboxylic acids is 1. The summed E-state index contributed by atoms with van der Waals surface area (Å²) in [4.78, 5) is 12.3. The Morgan fingerprint density at radius 3 is 2.56 bits per heavy atom. The minimum Gasteiger partial charge on any atom is -0.374 e. The van der Waals surface area contributed by atoms with Crippen LogP contribution in [-0.4, -0.2) is 34.5 Å². The second kappa shape index (κ2) is 9.85. The Bertz CT molecular complexity index is 873. The Morgan fingerprint density at radius 2 is 1.89 bits per heavy atom. The number of halogens is 1. The molecular weight excluding hydrogens is 388 g/mol. The Balaban J connectivity index is 1.85. The minimum absolute atomic E-state index is 0.0143. The molecule has 2 N–H and O–H groups in total. The molecule has 0 fully saturated rings. The molecule has 2 rings (SSSR count). The summed E-state index contributed by atoms with van der Waals surface area (Å²) in [6, 6.07) is 13.9. The van der Waals surface area contributed by atoms with Gasteiger partial charge in [-0.2, -0.15) is 0 Å². The molecule has 0 spiro atoms. The van der Waals surface area contributed by atoms with Crippen molar-refractivity contribution in [2.45, 2.75) is 24.3 Å². The molecule has 1 atom stereocenters. The quantitative estimate of drug-likeness (QED) is 0.622. The van der Waals surface area contributed by atoms with Crippen molar-refractivity contribution in [1.29, 1.82) is 0 Å². The second-order valence-corrected chi connectivity index (χ2v) is 8.18. The fourth-order valence-corrected chi connectivity index (χ4v) is 3.37. The lowest BCUT2D eigenvalue weighted by molar-refractivity contribution is 0.0635. The van der Waals surface area contributed by atoms with Crippen LogP contribution < -0.4 is 10.0 Å². The molecule has 0 aliphatic heterocycles. The van der Waals surface area contributed by atoms with Crippen molar-refractivity contribution in [2.75, 3.05) is 20.2 Å². The first-order valence-electron chi connectivity index (χ1n) is 8.53. The van der Waals surface area contributed by atoms with Gasteiger partial charge in [0.15, 0.2) is 0 Å². The molecule has 27 heavy (non-hydrogen) atoms. The van der Waals surface area contributed by atoms with Gasteiger partial charge in [-0.1, -0.05) is 41.9 Å². The SMILES string of the molecule is CNS(=O)(=O)c1ccc(Cl)c(C(=O)NCCCOC(C)c2ccccc2)c1. The number of hydrogen-bond acceptors (Lipinski definition) is 4. The van der Waals surface area contributed by atoms with E-state index < -0.39 is 15.9 Å². The fourth-order valence-electron chi connectivity index (χ4n) is 2.41. The van der Waals surface area contributed by atoms with Gasteiger partial charge < -0.3 is 10.1 Å². The van der Waals surface area contributed by atoms with Crippen molar-refractivity contribution >= 4 is 27.5 Å². The Kier molecular flexibility index (Phi) is 7.79. The standard InChI is InChI=1S/C19H23ClN2O4S/c1-14(15-7-4-3-5-8-15)26-12-6-11-22-19(23)17-13-16(9-10-18(17)20)27(24,25)21-2/h3-5,7-10,13-14,21H,6,11-12H2,1-2H3,(H,22,23). The fraction of sp³-hybridized carbons (Fsp3) is 0.316. The molecule has 1 amide bonds. The van der Waals surface area contributed by atoms with Gasteiger partial charge in [-0.05, 0) is 44.2 Å². The molecule has 0 saturated heterocycles. The molecule has 0 aromatic heterocycles. The molecule has 2 aromatic carbocycles. The summed E-state index contributed by atoms with van der Waals surface area (Å²) in [5.41, 5.74) is 1.21. The van der Waals surface area contributed by atoms with E-state index in [0.29, 0.717) is 19.6 Å². The zero-order chi connectivity index (χ0) is 19.9. The van der Waals surface area contributed by atoms with E-state index in [1.54, 1.807) is 0 Å². The van der Waals surface area contributed by atoms with Crippen LogP contribution >= 0.6 is 11.6 Å². The molecule has 6 nitrogen and oxygen atoms in total. The van der Waals surface area contributed by atoms with E-state index in [1.165, 1.54) is 25.2 Å². The number of nitrogens with one attached hydrogen (secondary N) is 2. The number of rotatable bonds is 9. The predicted octanol–water partition coefficient (Wildman–Crippen LogP) is 3.15. The predicted molar refractivity (Wildman–Crippen MR) is 105 cm³/mol. The van der Waals surface area contributed by atoms with Gasteiger partial charge in [0.1, 0.15) is 0 Å². The summed E-state index contributed by atoms with van der Waals surface area (Å²) < 4.78 is 31.7. The molecule has 0 saturated carbocycles. The molecule has 8 heteroatoms. The van der Waals surface area contributed by atoms with Gasteiger partial charge in [-0.25, -0.2) is 13.1 Å². The van der Waals surface area contributed by atoms with Gasteiger partial charge in [0, 0.05) is 13.2 Å². The van der Waals surface area contributed by atoms with Gasteiger partial charge >= 0.3 is 0 Å². The highest BCUT2D eigenvalue weighted by atomic mass is 35.5. The van der Waals surface area contributed by atoms with E-state index in [-0.39, 0.29) is 21.6 Å². The summed E-state index contributed by atoms with van der Waals surface area (Å²) in [5, 5.41) is 2.92. The molecule has 0 aliphatic carbocycles. The van der Waals surface area contributed by atoms with Crippen LogP contribution in [0.1, 0.15) is 35.4 Å². The van der Waals surface area contributed by atoms with Gasteiger partial charge in [-0.3, -0.25) is 4.79 Å². The van der Waals surface area contributed by atoms with Gasteiger partial charge in [0.2, 0.25) is 10.0 Å². The third-order valence-corrected chi connectivity index (χ3v) is 5.75. The van der Waals surface area contributed by atoms with E-state index in [0.717, 1.165) is 5.56 Å². The summed E-state index contributed by atoms with van der Waals surface area (Å²) in [6.07, 6.45) is 0.592. The normalized spacial score (nSPS) is 12.6. The van der Waals surface area contributed by atoms with Crippen molar-refractivity contribution in [3.8, 4) is 0 Å². The van der Waals surface area contributed by atoms with Crippen molar-refractivity contribution in [3.05, 3.63) is 64.7 Å². The van der Waals surface area contributed by atoms with Gasteiger partial charge in [0.05, 0.1) is 21.6 Å². The molecule has 0 heterocycles. The summed E-state index contributed by atoms with van der Waals surface area (Å²) in [7, 11) is -2.34. The molecule has 0 aliphatic rings. The number of ether oxygens (including phenoxy) is 1. The lowest BCUT2D eigenvalue weighted by atomic mass is 10.1.